The predicted octanol–water partition coefficient (Wildman–Crippen LogP) is 7.07. The Morgan fingerprint density at radius 1 is 0.552 bits per heavy atom. The third kappa shape index (κ3) is 3.62. The van der Waals surface area contributed by atoms with E-state index in [-0.39, 0.29) is 0 Å². The molecule has 0 aliphatic carbocycles. The maximum absolute atomic E-state index is 12.6. The highest BCUT2D eigenvalue weighted by molar-refractivity contribution is 5.75. The first kappa shape index (κ1) is 20.6. The first-order valence-electron chi connectivity index (χ1n) is 9.77. The predicted molar refractivity (Wildman–Crippen MR) is 126 cm³/mol. The van der Waals surface area contributed by atoms with Gasteiger partial charge in [-0.2, -0.15) is 0 Å². The molecular formula is C28H28O. The van der Waals surface area contributed by atoms with Gasteiger partial charge in [0.05, 0.1) is 0 Å². The van der Waals surface area contributed by atoms with Crippen LogP contribution in [-0.2, 0) is 5.60 Å². The summed E-state index contributed by atoms with van der Waals surface area (Å²) < 4.78 is 0. The summed E-state index contributed by atoms with van der Waals surface area (Å²) in [4.78, 5) is 0. The van der Waals surface area contributed by atoms with Gasteiger partial charge in [0, 0.05) is 16.7 Å². The Bertz CT molecular complexity index is 961. The Balaban J connectivity index is 2.51. The van der Waals surface area contributed by atoms with Gasteiger partial charge in [-0.3, -0.25) is 0 Å². The van der Waals surface area contributed by atoms with Crippen molar-refractivity contribution in [1.29, 1.82) is 0 Å². The molecule has 0 saturated carbocycles. The van der Waals surface area contributed by atoms with E-state index in [0.717, 1.165) is 50.1 Å². The molecule has 0 aromatic heterocycles. The molecule has 0 aliphatic rings. The highest BCUT2D eigenvalue weighted by Gasteiger charge is 2.39. The highest BCUT2D eigenvalue weighted by atomic mass is 16.3. The molecular weight excluding hydrogens is 352 g/mol. The average Bonchev–Trinajstić information content (AvgIpc) is 2.73. The molecule has 146 valence electrons. The fourth-order valence-corrected chi connectivity index (χ4v) is 3.95. The van der Waals surface area contributed by atoms with Crippen LogP contribution < -0.4 is 0 Å². The minimum absolute atomic E-state index is 0.801. The third-order valence-corrected chi connectivity index (χ3v) is 5.33. The zero-order valence-corrected chi connectivity index (χ0v) is 17.5. The van der Waals surface area contributed by atoms with E-state index in [1.807, 2.05) is 93.6 Å². The Morgan fingerprint density at radius 3 is 1.03 bits per heavy atom. The summed E-state index contributed by atoms with van der Waals surface area (Å²) in [5.74, 6) is 0. The lowest BCUT2D eigenvalue weighted by atomic mass is 9.73. The van der Waals surface area contributed by atoms with Gasteiger partial charge >= 0.3 is 0 Å². The number of allylic oxidation sites excluding steroid dienone is 3. The van der Waals surface area contributed by atoms with Crippen LogP contribution in [0.4, 0.5) is 0 Å². The standard InChI is InChI=1S/C28H28O/c1-19(2)22-13-7-10-16-25(22)28(29,26-17-11-8-14-23(26)20(3)4)27-18-12-9-15-24(27)21(5)6/h7-18,29H,1,3,5H2,2,4,6H3. The summed E-state index contributed by atoms with van der Waals surface area (Å²) in [6, 6.07) is 23.8. The number of hydrogen-bond acceptors (Lipinski definition) is 1. The molecule has 0 heterocycles. The van der Waals surface area contributed by atoms with Crippen LogP contribution in [0.5, 0.6) is 0 Å². The summed E-state index contributed by atoms with van der Waals surface area (Å²) in [6.07, 6.45) is 0. The quantitative estimate of drug-likeness (QED) is 0.453. The summed E-state index contributed by atoms with van der Waals surface area (Å²) in [5.41, 5.74) is 6.52. The monoisotopic (exact) mass is 380 g/mol. The molecule has 3 aromatic rings. The van der Waals surface area contributed by atoms with Crippen molar-refractivity contribution in [1.82, 2.24) is 0 Å². The van der Waals surface area contributed by atoms with Gasteiger partial charge in [0.1, 0.15) is 5.60 Å². The van der Waals surface area contributed by atoms with Crippen molar-refractivity contribution >= 4 is 16.7 Å². The Kier molecular flexibility index (Phi) is 5.72. The molecule has 0 bridgehead atoms. The maximum atomic E-state index is 12.6. The maximum Gasteiger partial charge on any atom is 0.142 e. The number of rotatable bonds is 6. The molecule has 0 saturated heterocycles. The van der Waals surface area contributed by atoms with Crippen molar-refractivity contribution in [2.24, 2.45) is 0 Å². The van der Waals surface area contributed by atoms with Crippen LogP contribution in [0.15, 0.2) is 92.5 Å². The van der Waals surface area contributed by atoms with Crippen LogP contribution >= 0.6 is 0 Å². The topological polar surface area (TPSA) is 20.2 Å². The van der Waals surface area contributed by atoms with Gasteiger partial charge in [-0.25, -0.2) is 0 Å². The van der Waals surface area contributed by atoms with Crippen molar-refractivity contribution in [2.45, 2.75) is 26.4 Å². The van der Waals surface area contributed by atoms with Crippen LogP contribution in [0.3, 0.4) is 0 Å². The molecule has 0 amide bonds. The second kappa shape index (κ2) is 8.06. The molecule has 1 N–H and O–H groups in total. The summed E-state index contributed by atoms with van der Waals surface area (Å²) in [5, 5.41) is 12.6. The van der Waals surface area contributed by atoms with E-state index < -0.39 is 5.60 Å². The first-order chi connectivity index (χ1) is 13.8. The van der Waals surface area contributed by atoms with Crippen LogP contribution in [0.1, 0.15) is 54.2 Å². The molecule has 3 rings (SSSR count). The second-order valence-electron chi connectivity index (χ2n) is 7.69. The van der Waals surface area contributed by atoms with E-state index in [9.17, 15) is 5.11 Å². The Labute approximate surface area is 174 Å². The van der Waals surface area contributed by atoms with E-state index in [4.69, 9.17) is 0 Å². The zero-order chi connectivity index (χ0) is 21.2. The largest absolute Gasteiger partial charge is 0.376 e. The van der Waals surface area contributed by atoms with Gasteiger partial charge in [-0.05, 0) is 37.5 Å². The fourth-order valence-electron chi connectivity index (χ4n) is 3.95. The van der Waals surface area contributed by atoms with E-state index in [0.29, 0.717) is 0 Å². The van der Waals surface area contributed by atoms with E-state index in [1.54, 1.807) is 0 Å². The van der Waals surface area contributed by atoms with E-state index in [1.165, 1.54) is 0 Å². The summed E-state index contributed by atoms with van der Waals surface area (Å²) in [6.45, 7) is 18.4. The van der Waals surface area contributed by atoms with Crippen molar-refractivity contribution < 1.29 is 5.11 Å². The lowest BCUT2D eigenvalue weighted by Crippen LogP contribution is -2.32. The zero-order valence-electron chi connectivity index (χ0n) is 17.5. The van der Waals surface area contributed by atoms with Gasteiger partial charge < -0.3 is 5.11 Å². The van der Waals surface area contributed by atoms with Crippen molar-refractivity contribution in [3.05, 3.63) is 126 Å². The Morgan fingerprint density at radius 2 is 0.793 bits per heavy atom. The van der Waals surface area contributed by atoms with Crippen LogP contribution in [-0.4, -0.2) is 5.11 Å². The summed E-state index contributed by atoms with van der Waals surface area (Å²) in [7, 11) is 0. The van der Waals surface area contributed by atoms with Crippen molar-refractivity contribution in [3.8, 4) is 0 Å². The second-order valence-corrected chi connectivity index (χ2v) is 7.69. The number of benzene rings is 3. The third-order valence-electron chi connectivity index (χ3n) is 5.33. The molecule has 29 heavy (non-hydrogen) atoms. The molecule has 0 fully saturated rings. The summed E-state index contributed by atoms with van der Waals surface area (Å²) >= 11 is 0. The van der Waals surface area contributed by atoms with Crippen molar-refractivity contribution in [3.63, 3.8) is 0 Å². The van der Waals surface area contributed by atoms with Crippen molar-refractivity contribution in [2.75, 3.05) is 0 Å². The molecule has 0 atom stereocenters. The van der Waals surface area contributed by atoms with Gasteiger partial charge in [0.15, 0.2) is 0 Å². The van der Waals surface area contributed by atoms with E-state index >= 15 is 0 Å². The first-order valence-corrected chi connectivity index (χ1v) is 9.77. The number of hydrogen-bond donors (Lipinski definition) is 1. The van der Waals surface area contributed by atoms with Gasteiger partial charge in [-0.1, -0.05) is 109 Å². The van der Waals surface area contributed by atoms with Gasteiger partial charge in [0.2, 0.25) is 0 Å². The van der Waals surface area contributed by atoms with Gasteiger partial charge in [0.25, 0.3) is 0 Å². The lowest BCUT2D eigenvalue weighted by Gasteiger charge is -2.35. The SMILES string of the molecule is C=C(C)c1ccccc1C(O)(c1ccccc1C(=C)C)c1ccccc1C(=C)C. The minimum atomic E-state index is -1.39. The van der Waals surface area contributed by atoms with E-state index in [2.05, 4.69) is 19.7 Å². The highest BCUT2D eigenvalue weighted by Crippen LogP contribution is 2.44. The fraction of sp³-hybridized carbons (Fsp3) is 0.143. The minimum Gasteiger partial charge on any atom is -0.376 e. The molecule has 1 nitrogen and oxygen atoms in total. The van der Waals surface area contributed by atoms with Gasteiger partial charge in [-0.15, -0.1) is 0 Å². The molecule has 0 aliphatic heterocycles. The number of aliphatic hydroxyl groups is 1. The molecule has 0 unspecified atom stereocenters. The lowest BCUT2D eigenvalue weighted by molar-refractivity contribution is 0.125. The smallest absolute Gasteiger partial charge is 0.142 e. The Hall–Kier alpha value is -3.16. The van der Waals surface area contributed by atoms with Crippen LogP contribution in [0.2, 0.25) is 0 Å². The molecule has 0 spiro atoms. The van der Waals surface area contributed by atoms with Crippen LogP contribution in [0.25, 0.3) is 16.7 Å². The normalized spacial score (nSPS) is 11.2. The molecule has 3 aromatic carbocycles. The molecule has 0 radical (unpaired) electrons. The average molecular weight is 381 g/mol. The molecule has 1 heteroatoms. The van der Waals surface area contributed by atoms with Crippen LogP contribution in [0, 0.1) is 0 Å².